The molecule has 0 N–H and O–H groups in total. The Kier molecular flexibility index (Phi) is 4.07. The van der Waals surface area contributed by atoms with Crippen molar-refractivity contribution < 1.29 is 13.9 Å². The van der Waals surface area contributed by atoms with E-state index in [9.17, 15) is 4.79 Å². The van der Waals surface area contributed by atoms with Crippen molar-refractivity contribution in [2.75, 3.05) is 6.61 Å². The molecule has 2 heterocycles. The Labute approximate surface area is 110 Å². The summed E-state index contributed by atoms with van der Waals surface area (Å²) in [5.41, 5.74) is 1.66. The topological polar surface area (TPSA) is 65.2 Å². The lowest BCUT2D eigenvalue weighted by atomic mass is 10.2. The molecule has 0 spiro atoms. The Morgan fingerprint density at radius 3 is 2.95 bits per heavy atom. The van der Waals surface area contributed by atoms with Crippen LogP contribution in [0.25, 0.3) is 11.6 Å². The van der Waals surface area contributed by atoms with Crippen molar-refractivity contribution in [3.05, 3.63) is 47.9 Å². The van der Waals surface area contributed by atoms with Crippen LogP contribution in [-0.4, -0.2) is 22.5 Å². The van der Waals surface area contributed by atoms with Crippen LogP contribution in [0.3, 0.4) is 0 Å². The zero-order valence-corrected chi connectivity index (χ0v) is 10.8. The van der Waals surface area contributed by atoms with E-state index in [4.69, 9.17) is 9.15 Å². The lowest BCUT2D eigenvalue weighted by molar-refractivity contribution is 0.0489. The Hall–Kier alpha value is -2.43. The summed E-state index contributed by atoms with van der Waals surface area (Å²) in [5, 5.41) is 0. The third-order valence-electron chi connectivity index (χ3n) is 2.43. The number of hydrogen-bond acceptors (Lipinski definition) is 5. The number of ether oxygens (including phenoxy) is 1. The molecular formula is C14H14N2O3. The van der Waals surface area contributed by atoms with Gasteiger partial charge in [0.15, 0.2) is 0 Å². The highest BCUT2D eigenvalue weighted by atomic mass is 16.5. The maximum Gasteiger partial charge on any atom is 0.374 e. The van der Waals surface area contributed by atoms with Crippen LogP contribution in [0.2, 0.25) is 0 Å². The average molecular weight is 258 g/mol. The van der Waals surface area contributed by atoms with Gasteiger partial charge in [-0.05, 0) is 37.6 Å². The van der Waals surface area contributed by atoms with Gasteiger partial charge in [-0.3, -0.25) is 9.97 Å². The van der Waals surface area contributed by atoms with Crippen LogP contribution in [0.5, 0.6) is 0 Å². The molecule has 5 heteroatoms. The molecule has 0 saturated carbocycles. The summed E-state index contributed by atoms with van der Waals surface area (Å²) < 4.78 is 10.2. The number of aromatic nitrogens is 2. The maximum absolute atomic E-state index is 11.5. The molecule has 2 aromatic rings. The molecule has 0 aliphatic carbocycles. The number of carbonyl (C=O) groups is 1. The zero-order chi connectivity index (χ0) is 13.7. The summed E-state index contributed by atoms with van der Waals surface area (Å²) in [6, 6.07) is 3.31. The van der Waals surface area contributed by atoms with Gasteiger partial charge in [-0.1, -0.05) is 0 Å². The van der Waals surface area contributed by atoms with E-state index in [0.29, 0.717) is 12.4 Å². The molecule has 0 aliphatic heterocycles. The minimum Gasteiger partial charge on any atom is -0.460 e. The number of esters is 1. The molecule has 5 nitrogen and oxygen atoms in total. The van der Waals surface area contributed by atoms with Crippen molar-refractivity contribution >= 4 is 17.6 Å². The number of carbonyl (C=O) groups excluding carboxylic acids is 1. The molecule has 0 bridgehead atoms. The molecule has 2 rings (SSSR count). The molecule has 19 heavy (non-hydrogen) atoms. The third kappa shape index (κ3) is 3.28. The summed E-state index contributed by atoms with van der Waals surface area (Å²) in [7, 11) is 0. The number of nitrogens with zero attached hydrogens (tertiary/aromatic N) is 2. The summed E-state index contributed by atoms with van der Waals surface area (Å²) in [6.45, 7) is 3.97. The SMILES string of the molecule is CCOC(=O)c1ccc(C=C(C)c2cnccn2)o1. The van der Waals surface area contributed by atoms with Gasteiger partial charge in [-0.15, -0.1) is 0 Å². The number of furan rings is 1. The molecule has 0 aromatic carbocycles. The Balaban J connectivity index is 2.18. The minimum absolute atomic E-state index is 0.194. The van der Waals surface area contributed by atoms with Gasteiger partial charge in [-0.25, -0.2) is 4.79 Å². The van der Waals surface area contributed by atoms with E-state index in [0.717, 1.165) is 11.3 Å². The summed E-state index contributed by atoms with van der Waals surface area (Å²) in [6.07, 6.45) is 6.70. The lowest BCUT2D eigenvalue weighted by Crippen LogP contribution is -2.02. The van der Waals surface area contributed by atoms with Crippen molar-refractivity contribution in [3.8, 4) is 0 Å². The highest BCUT2D eigenvalue weighted by molar-refractivity contribution is 5.87. The van der Waals surface area contributed by atoms with E-state index >= 15 is 0 Å². The first-order valence-electron chi connectivity index (χ1n) is 5.92. The van der Waals surface area contributed by atoms with Crippen molar-refractivity contribution in [3.63, 3.8) is 0 Å². The van der Waals surface area contributed by atoms with Gasteiger partial charge in [0.25, 0.3) is 0 Å². The van der Waals surface area contributed by atoms with Crippen molar-refractivity contribution in [1.29, 1.82) is 0 Å². The predicted octanol–water partition coefficient (Wildman–Crippen LogP) is 2.81. The summed E-state index contributed by atoms with van der Waals surface area (Å²) in [4.78, 5) is 19.6. The van der Waals surface area contributed by atoms with Gasteiger partial charge in [0, 0.05) is 12.4 Å². The fourth-order valence-electron chi connectivity index (χ4n) is 1.53. The Morgan fingerprint density at radius 2 is 2.26 bits per heavy atom. The van der Waals surface area contributed by atoms with Gasteiger partial charge in [0.05, 0.1) is 18.5 Å². The minimum atomic E-state index is -0.459. The van der Waals surface area contributed by atoms with Gasteiger partial charge >= 0.3 is 5.97 Å². The summed E-state index contributed by atoms with van der Waals surface area (Å²) >= 11 is 0. The Morgan fingerprint density at radius 1 is 1.42 bits per heavy atom. The fourth-order valence-corrected chi connectivity index (χ4v) is 1.53. The molecule has 98 valence electrons. The normalized spacial score (nSPS) is 11.4. The highest BCUT2D eigenvalue weighted by Gasteiger charge is 2.11. The van der Waals surface area contributed by atoms with E-state index in [1.54, 1.807) is 43.7 Å². The van der Waals surface area contributed by atoms with Gasteiger partial charge in [0.2, 0.25) is 5.76 Å². The first-order chi connectivity index (χ1) is 9.20. The van der Waals surface area contributed by atoms with Crippen LogP contribution in [0, 0.1) is 0 Å². The number of rotatable bonds is 4. The molecule has 0 atom stereocenters. The third-order valence-corrected chi connectivity index (χ3v) is 2.43. The van der Waals surface area contributed by atoms with Crippen LogP contribution < -0.4 is 0 Å². The van der Waals surface area contributed by atoms with Crippen LogP contribution in [0.4, 0.5) is 0 Å². The molecule has 0 fully saturated rings. The van der Waals surface area contributed by atoms with E-state index in [1.165, 1.54) is 0 Å². The molecule has 0 aliphatic rings. The Bertz CT molecular complexity index is 588. The van der Waals surface area contributed by atoms with Crippen LogP contribution >= 0.6 is 0 Å². The lowest BCUT2D eigenvalue weighted by Gasteiger charge is -1.98. The van der Waals surface area contributed by atoms with Gasteiger partial charge in [0.1, 0.15) is 5.76 Å². The predicted molar refractivity (Wildman–Crippen MR) is 70.2 cm³/mol. The molecule has 0 amide bonds. The average Bonchev–Trinajstić information content (AvgIpc) is 2.88. The number of allylic oxidation sites excluding steroid dienone is 1. The molecule has 0 unspecified atom stereocenters. The van der Waals surface area contributed by atoms with Crippen LogP contribution in [-0.2, 0) is 4.74 Å². The van der Waals surface area contributed by atoms with E-state index in [1.807, 2.05) is 6.92 Å². The van der Waals surface area contributed by atoms with E-state index in [2.05, 4.69) is 9.97 Å². The largest absolute Gasteiger partial charge is 0.460 e. The standard InChI is InChI=1S/C14H14N2O3/c1-3-18-14(17)13-5-4-11(19-13)8-10(2)12-9-15-6-7-16-12/h4-9H,3H2,1-2H3. The quantitative estimate of drug-likeness (QED) is 0.789. The highest BCUT2D eigenvalue weighted by Crippen LogP contribution is 2.17. The van der Waals surface area contributed by atoms with E-state index in [-0.39, 0.29) is 5.76 Å². The van der Waals surface area contributed by atoms with Crippen LogP contribution in [0.15, 0.2) is 35.1 Å². The maximum atomic E-state index is 11.5. The van der Waals surface area contributed by atoms with E-state index < -0.39 is 5.97 Å². The second-order valence-electron chi connectivity index (χ2n) is 3.84. The van der Waals surface area contributed by atoms with Crippen LogP contribution in [0.1, 0.15) is 35.9 Å². The molecule has 0 radical (unpaired) electrons. The second-order valence-corrected chi connectivity index (χ2v) is 3.84. The van der Waals surface area contributed by atoms with Crippen molar-refractivity contribution in [1.82, 2.24) is 9.97 Å². The molecule has 0 saturated heterocycles. The fraction of sp³-hybridized carbons (Fsp3) is 0.214. The van der Waals surface area contributed by atoms with Gasteiger partial charge in [-0.2, -0.15) is 0 Å². The molecule has 2 aromatic heterocycles. The van der Waals surface area contributed by atoms with Gasteiger partial charge < -0.3 is 9.15 Å². The first kappa shape index (κ1) is 13.0. The number of hydrogen-bond donors (Lipinski definition) is 0. The first-order valence-corrected chi connectivity index (χ1v) is 5.92. The second kappa shape index (κ2) is 5.95. The molecular weight excluding hydrogens is 244 g/mol. The summed E-state index contributed by atoms with van der Waals surface area (Å²) in [5.74, 6) is 0.311. The van der Waals surface area contributed by atoms with Crippen molar-refractivity contribution in [2.24, 2.45) is 0 Å². The zero-order valence-electron chi connectivity index (χ0n) is 10.8. The smallest absolute Gasteiger partial charge is 0.374 e. The monoisotopic (exact) mass is 258 g/mol. The van der Waals surface area contributed by atoms with Crippen molar-refractivity contribution in [2.45, 2.75) is 13.8 Å².